The quantitative estimate of drug-likeness (QED) is 0.300. The summed E-state index contributed by atoms with van der Waals surface area (Å²) in [6.07, 6.45) is 2.89. The molecule has 0 fully saturated rings. The monoisotopic (exact) mass is 507 g/mol. The summed E-state index contributed by atoms with van der Waals surface area (Å²) >= 11 is 6.12. The Morgan fingerprint density at radius 3 is 2.46 bits per heavy atom. The van der Waals surface area contributed by atoms with Gasteiger partial charge in [-0.05, 0) is 36.4 Å². The lowest BCUT2D eigenvalue weighted by atomic mass is 9.94. The largest absolute Gasteiger partial charge is 0.495 e. The van der Waals surface area contributed by atoms with Gasteiger partial charge in [-0.25, -0.2) is 9.99 Å². The summed E-state index contributed by atoms with van der Waals surface area (Å²) in [7, 11) is 1.60. The maximum atomic E-state index is 6.68. The lowest BCUT2D eigenvalue weighted by Crippen LogP contribution is -2.36. The molecule has 3 heterocycles. The van der Waals surface area contributed by atoms with Crippen molar-refractivity contribution in [3.63, 3.8) is 0 Å². The number of ether oxygens (including phenoxy) is 2. The first-order valence-corrected chi connectivity index (χ1v) is 12.0. The molecule has 1 aliphatic heterocycles. The van der Waals surface area contributed by atoms with Gasteiger partial charge in [-0.3, -0.25) is 4.98 Å². The third-order valence-electron chi connectivity index (χ3n) is 6.20. The Bertz CT molecular complexity index is 1620. The van der Waals surface area contributed by atoms with E-state index in [1.165, 1.54) is 0 Å². The lowest BCUT2D eigenvalue weighted by Gasteiger charge is -2.33. The number of halogens is 1. The van der Waals surface area contributed by atoms with Crippen molar-refractivity contribution in [3.05, 3.63) is 119 Å². The molecule has 6 rings (SSSR count). The topological polar surface area (TPSA) is 85.9 Å². The molecule has 5 aromatic rings. The number of rotatable bonds is 5. The summed E-state index contributed by atoms with van der Waals surface area (Å²) in [4.78, 5) is 8.82. The van der Waals surface area contributed by atoms with E-state index in [4.69, 9.17) is 31.9 Å². The number of aromatic nitrogens is 2. The van der Waals surface area contributed by atoms with Crippen molar-refractivity contribution in [2.45, 2.75) is 6.17 Å². The van der Waals surface area contributed by atoms with Gasteiger partial charge in [-0.1, -0.05) is 48.0 Å². The molecule has 3 aromatic carbocycles. The van der Waals surface area contributed by atoms with E-state index in [2.05, 4.69) is 9.97 Å². The molecule has 37 heavy (non-hydrogen) atoms. The van der Waals surface area contributed by atoms with Crippen LogP contribution in [0.4, 0.5) is 5.69 Å². The van der Waals surface area contributed by atoms with Gasteiger partial charge < -0.3 is 15.2 Å². The first-order valence-electron chi connectivity index (χ1n) is 11.7. The van der Waals surface area contributed by atoms with Crippen molar-refractivity contribution in [1.29, 1.82) is 0 Å². The van der Waals surface area contributed by atoms with Gasteiger partial charge in [0.05, 0.1) is 30.2 Å². The van der Waals surface area contributed by atoms with Crippen LogP contribution < -0.4 is 20.2 Å². The summed E-state index contributed by atoms with van der Waals surface area (Å²) in [6.45, 7) is 0. The summed E-state index contributed by atoms with van der Waals surface area (Å²) in [5.41, 5.74) is 12.6. The molecule has 7 nitrogen and oxygen atoms in total. The highest BCUT2D eigenvalue weighted by Gasteiger charge is 2.27. The van der Waals surface area contributed by atoms with E-state index in [0.717, 1.165) is 28.1 Å². The Labute approximate surface area is 218 Å². The van der Waals surface area contributed by atoms with Crippen LogP contribution in [0.2, 0.25) is 5.02 Å². The van der Waals surface area contributed by atoms with E-state index >= 15 is 0 Å². The van der Waals surface area contributed by atoms with Crippen LogP contribution in [-0.4, -0.2) is 22.8 Å². The Morgan fingerprint density at radius 1 is 0.892 bits per heavy atom. The minimum absolute atomic E-state index is 0.442. The van der Waals surface area contributed by atoms with Gasteiger partial charge in [0, 0.05) is 40.0 Å². The normalized spacial score (nSPS) is 14.7. The van der Waals surface area contributed by atoms with Crippen LogP contribution in [0, 0.1) is 0 Å². The zero-order valence-corrected chi connectivity index (χ0v) is 20.6. The smallest absolute Gasteiger partial charge is 0.156 e. The second-order valence-electron chi connectivity index (χ2n) is 8.48. The molecular weight excluding hydrogens is 486 g/mol. The standard InChI is InChI=1S/C29H22ClN5O2/c1-36-22-16-25-28(33-17-22)26(14-15-32-25)37-21-12-10-20(11-13-21)35-29(31)24-5-3-2-4-23(24)27(34-35)18-6-8-19(30)9-7-18/h2-17,29H,31H2,1H3. The average Bonchev–Trinajstić information content (AvgIpc) is 2.94. The number of anilines is 1. The molecule has 0 spiro atoms. The fourth-order valence-corrected chi connectivity index (χ4v) is 4.47. The van der Waals surface area contributed by atoms with E-state index < -0.39 is 6.17 Å². The lowest BCUT2D eigenvalue weighted by molar-refractivity contribution is 0.413. The number of nitrogens with zero attached hydrogens (tertiary/aromatic N) is 4. The zero-order chi connectivity index (χ0) is 25.4. The van der Waals surface area contributed by atoms with E-state index in [0.29, 0.717) is 33.3 Å². The van der Waals surface area contributed by atoms with E-state index in [-0.39, 0.29) is 0 Å². The minimum Gasteiger partial charge on any atom is -0.495 e. The number of hydrogen-bond donors (Lipinski definition) is 1. The number of pyridine rings is 2. The van der Waals surface area contributed by atoms with Crippen molar-refractivity contribution in [1.82, 2.24) is 9.97 Å². The number of hydrogen-bond acceptors (Lipinski definition) is 7. The van der Waals surface area contributed by atoms with Gasteiger partial charge in [-0.2, -0.15) is 5.10 Å². The molecule has 2 N–H and O–H groups in total. The zero-order valence-electron chi connectivity index (χ0n) is 19.9. The molecule has 0 bridgehead atoms. The predicted octanol–water partition coefficient (Wildman–Crippen LogP) is 6.31. The second-order valence-corrected chi connectivity index (χ2v) is 8.92. The molecule has 1 unspecified atom stereocenters. The van der Waals surface area contributed by atoms with Crippen LogP contribution >= 0.6 is 11.6 Å². The van der Waals surface area contributed by atoms with Gasteiger partial charge in [-0.15, -0.1) is 0 Å². The van der Waals surface area contributed by atoms with Crippen LogP contribution in [0.15, 0.2) is 102 Å². The van der Waals surface area contributed by atoms with Gasteiger partial charge in [0.25, 0.3) is 0 Å². The minimum atomic E-state index is -0.442. The molecule has 182 valence electrons. The number of hydrazone groups is 1. The van der Waals surface area contributed by atoms with Gasteiger partial charge in [0.15, 0.2) is 5.75 Å². The molecule has 1 aliphatic rings. The van der Waals surface area contributed by atoms with E-state index in [1.807, 2.05) is 83.9 Å². The molecule has 0 saturated heterocycles. The number of benzene rings is 3. The van der Waals surface area contributed by atoms with Crippen LogP contribution in [0.5, 0.6) is 17.2 Å². The Kier molecular flexibility index (Phi) is 5.92. The van der Waals surface area contributed by atoms with Crippen molar-refractivity contribution in [2.24, 2.45) is 10.8 Å². The van der Waals surface area contributed by atoms with Crippen LogP contribution in [0.1, 0.15) is 22.9 Å². The van der Waals surface area contributed by atoms with Crippen LogP contribution in [0.25, 0.3) is 11.0 Å². The highest BCUT2D eigenvalue weighted by atomic mass is 35.5. The molecule has 2 aromatic heterocycles. The fourth-order valence-electron chi connectivity index (χ4n) is 4.34. The molecule has 0 saturated carbocycles. The summed E-state index contributed by atoms with van der Waals surface area (Å²) in [5.74, 6) is 1.90. The predicted molar refractivity (Wildman–Crippen MR) is 146 cm³/mol. The Balaban J connectivity index is 1.33. The van der Waals surface area contributed by atoms with Gasteiger partial charge >= 0.3 is 0 Å². The third kappa shape index (κ3) is 4.35. The molecule has 8 heteroatoms. The van der Waals surface area contributed by atoms with Crippen LogP contribution in [0.3, 0.4) is 0 Å². The molecule has 0 amide bonds. The maximum Gasteiger partial charge on any atom is 0.156 e. The van der Waals surface area contributed by atoms with Gasteiger partial charge in [0.1, 0.15) is 23.2 Å². The summed E-state index contributed by atoms with van der Waals surface area (Å²) in [6, 6.07) is 27.0. The highest BCUT2D eigenvalue weighted by molar-refractivity contribution is 6.30. The van der Waals surface area contributed by atoms with Gasteiger partial charge in [0.2, 0.25) is 0 Å². The summed E-state index contributed by atoms with van der Waals surface area (Å²) in [5, 5.41) is 7.46. The van der Waals surface area contributed by atoms with Crippen molar-refractivity contribution in [3.8, 4) is 17.2 Å². The second kappa shape index (κ2) is 9.54. The summed E-state index contributed by atoms with van der Waals surface area (Å²) < 4.78 is 11.4. The number of nitrogens with two attached hydrogens (primary N) is 1. The Hall–Kier alpha value is -4.46. The van der Waals surface area contributed by atoms with Crippen molar-refractivity contribution in [2.75, 3.05) is 12.1 Å². The molecular formula is C29H22ClN5O2. The first kappa shape index (κ1) is 23.0. The van der Waals surface area contributed by atoms with Crippen molar-refractivity contribution >= 4 is 34.0 Å². The van der Waals surface area contributed by atoms with E-state index in [9.17, 15) is 0 Å². The average molecular weight is 508 g/mol. The van der Waals surface area contributed by atoms with E-state index in [1.54, 1.807) is 25.6 Å². The highest BCUT2D eigenvalue weighted by Crippen LogP contribution is 2.35. The molecule has 1 atom stereocenters. The van der Waals surface area contributed by atoms with Crippen LogP contribution in [-0.2, 0) is 0 Å². The molecule has 0 radical (unpaired) electrons. The third-order valence-corrected chi connectivity index (χ3v) is 6.46. The first-order chi connectivity index (χ1) is 18.1. The SMILES string of the molecule is COc1cnc2c(Oc3ccc(N4N=C(c5ccc(Cl)cc5)c5ccccc5C4N)cc3)ccnc2c1. The fraction of sp³-hybridized carbons (Fsp3) is 0.0690. The number of methoxy groups -OCH3 is 1. The molecule has 0 aliphatic carbocycles. The maximum absolute atomic E-state index is 6.68. The van der Waals surface area contributed by atoms with Crippen molar-refractivity contribution < 1.29 is 9.47 Å². The Morgan fingerprint density at radius 2 is 1.68 bits per heavy atom. The number of fused-ring (bicyclic) bond motifs is 2.